The van der Waals surface area contributed by atoms with Gasteiger partial charge in [-0.05, 0) is 26.8 Å². The number of nitrogen functional groups attached to an aromatic ring is 1. The molecule has 20 heavy (non-hydrogen) atoms. The molecule has 0 saturated carbocycles. The number of aromatic carboxylic acids is 1. The highest BCUT2D eigenvalue weighted by Gasteiger charge is 2.20. The van der Waals surface area contributed by atoms with Gasteiger partial charge in [0.15, 0.2) is 5.82 Å². The first kappa shape index (κ1) is 15.7. The average Bonchev–Trinajstić information content (AvgIpc) is 2.41. The first-order valence-electron chi connectivity index (χ1n) is 6.45. The number of pyridine rings is 1. The zero-order valence-corrected chi connectivity index (χ0v) is 11.9. The van der Waals surface area contributed by atoms with Crippen molar-refractivity contribution in [2.45, 2.75) is 26.8 Å². The molecular weight excluding hydrogens is 260 g/mol. The van der Waals surface area contributed by atoms with Crippen LogP contribution in [-0.4, -0.2) is 46.0 Å². The van der Waals surface area contributed by atoms with Crippen LogP contribution in [0.2, 0.25) is 0 Å². The lowest BCUT2D eigenvalue weighted by Crippen LogP contribution is -2.41. The van der Waals surface area contributed by atoms with Crippen molar-refractivity contribution in [3.63, 3.8) is 0 Å². The molecule has 0 saturated heterocycles. The fourth-order valence-electron chi connectivity index (χ4n) is 1.85. The van der Waals surface area contributed by atoms with Crippen molar-refractivity contribution in [3.8, 4) is 0 Å². The van der Waals surface area contributed by atoms with E-state index < -0.39 is 12.0 Å². The van der Waals surface area contributed by atoms with E-state index >= 15 is 0 Å². The van der Waals surface area contributed by atoms with E-state index in [1.165, 1.54) is 12.3 Å². The molecule has 1 atom stereocenters. The van der Waals surface area contributed by atoms with Crippen LogP contribution in [-0.2, 0) is 4.79 Å². The summed E-state index contributed by atoms with van der Waals surface area (Å²) in [6.45, 7) is 6.70. The molecule has 0 aliphatic heterocycles. The minimum Gasteiger partial charge on any atom is -0.478 e. The Bertz CT molecular complexity index is 500. The Labute approximate surface area is 117 Å². The van der Waals surface area contributed by atoms with E-state index in [2.05, 4.69) is 10.3 Å². The molecule has 1 unspecified atom stereocenters. The number of rotatable bonds is 6. The topological polar surface area (TPSA) is 109 Å². The van der Waals surface area contributed by atoms with Gasteiger partial charge in [0, 0.05) is 19.3 Å². The molecule has 0 aliphatic rings. The summed E-state index contributed by atoms with van der Waals surface area (Å²) >= 11 is 0. The quantitative estimate of drug-likeness (QED) is 0.718. The number of nitrogens with zero attached hydrogens (tertiary/aromatic N) is 2. The molecule has 1 rings (SSSR count). The van der Waals surface area contributed by atoms with Gasteiger partial charge in [-0.15, -0.1) is 0 Å². The molecule has 0 aromatic carbocycles. The van der Waals surface area contributed by atoms with Gasteiger partial charge in [-0.2, -0.15) is 0 Å². The molecule has 1 heterocycles. The van der Waals surface area contributed by atoms with Crippen molar-refractivity contribution in [1.82, 2.24) is 9.88 Å². The van der Waals surface area contributed by atoms with Crippen LogP contribution in [0.1, 0.15) is 31.1 Å². The number of nitrogens with two attached hydrogens (primary N) is 1. The Kier molecular flexibility index (Phi) is 5.31. The van der Waals surface area contributed by atoms with Gasteiger partial charge in [0.1, 0.15) is 6.04 Å². The van der Waals surface area contributed by atoms with Crippen LogP contribution < -0.4 is 11.1 Å². The molecule has 0 aliphatic carbocycles. The SMILES string of the molecule is CCN(CC)C(=O)C(C)Nc1nccc(C(=O)O)c1N. The van der Waals surface area contributed by atoms with Crippen LogP contribution in [0.4, 0.5) is 11.5 Å². The van der Waals surface area contributed by atoms with Gasteiger partial charge >= 0.3 is 5.97 Å². The van der Waals surface area contributed by atoms with Gasteiger partial charge in [-0.25, -0.2) is 9.78 Å². The predicted octanol–water partition coefficient (Wildman–Crippen LogP) is 1.03. The number of carboxylic acids is 1. The number of carbonyl (C=O) groups excluding carboxylic acids is 1. The van der Waals surface area contributed by atoms with Crippen molar-refractivity contribution in [3.05, 3.63) is 17.8 Å². The number of hydrogen-bond donors (Lipinski definition) is 3. The van der Waals surface area contributed by atoms with Crippen LogP contribution >= 0.6 is 0 Å². The third-order valence-electron chi connectivity index (χ3n) is 3.02. The maximum atomic E-state index is 12.1. The Morgan fingerprint density at radius 1 is 1.45 bits per heavy atom. The van der Waals surface area contributed by atoms with Gasteiger partial charge in [-0.1, -0.05) is 0 Å². The van der Waals surface area contributed by atoms with Crippen LogP contribution in [0.15, 0.2) is 12.3 Å². The molecule has 0 spiro atoms. The van der Waals surface area contributed by atoms with Crippen molar-refractivity contribution in [1.29, 1.82) is 0 Å². The fraction of sp³-hybridized carbons (Fsp3) is 0.462. The Morgan fingerprint density at radius 2 is 2.05 bits per heavy atom. The van der Waals surface area contributed by atoms with Crippen LogP contribution in [0.3, 0.4) is 0 Å². The van der Waals surface area contributed by atoms with E-state index in [1.807, 2.05) is 13.8 Å². The molecule has 1 aromatic heterocycles. The van der Waals surface area contributed by atoms with Crippen LogP contribution in [0.5, 0.6) is 0 Å². The molecule has 0 bridgehead atoms. The lowest BCUT2D eigenvalue weighted by atomic mass is 10.2. The van der Waals surface area contributed by atoms with Crippen molar-refractivity contribution >= 4 is 23.4 Å². The summed E-state index contributed by atoms with van der Waals surface area (Å²) < 4.78 is 0. The maximum absolute atomic E-state index is 12.1. The molecule has 110 valence electrons. The number of carbonyl (C=O) groups is 2. The number of aromatic nitrogens is 1. The first-order chi connectivity index (χ1) is 9.42. The number of carboxylic acid groups (broad SMARTS) is 1. The largest absolute Gasteiger partial charge is 0.478 e. The Morgan fingerprint density at radius 3 is 2.55 bits per heavy atom. The average molecular weight is 280 g/mol. The highest BCUT2D eigenvalue weighted by Crippen LogP contribution is 2.20. The second-order valence-corrected chi connectivity index (χ2v) is 4.30. The van der Waals surface area contributed by atoms with Crippen molar-refractivity contribution in [2.75, 3.05) is 24.1 Å². The number of hydrogen-bond acceptors (Lipinski definition) is 5. The van der Waals surface area contributed by atoms with Gasteiger partial charge in [0.25, 0.3) is 0 Å². The summed E-state index contributed by atoms with van der Waals surface area (Å²) in [4.78, 5) is 28.8. The number of amides is 1. The van der Waals surface area contributed by atoms with Gasteiger partial charge < -0.3 is 21.1 Å². The predicted molar refractivity (Wildman–Crippen MR) is 76.6 cm³/mol. The molecular formula is C13H20N4O3. The molecule has 7 nitrogen and oxygen atoms in total. The van der Waals surface area contributed by atoms with Gasteiger partial charge in [-0.3, -0.25) is 4.79 Å². The standard InChI is InChI=1S/C13H20N4O3/c1-4-17(5-2)12(18)8(3)16-11-10(14)9(13(19)20)6-7-15-11/h6-8H,4-5,14H2,1-3H3,(H,15,16)(H,19,20). The lowest BCUT2D eigenvalue weighted by molar-refractivity contribution is -0.131. The third-order valence-corrected chi connectivity index (χ3v) is 3.02. The molecule has 7 heteroatoms. The summed E-state index contributed by atoms with van der Waals surface area (Å²) in [5, 5.41) is 11.9. The van der Waals surface area contributed by atoms with E-state index in [0.717, 1.165) is 0 Å². The van der Waals surface area contributed by atoms with Gasteiger partial charge in [0.2, 0.25) is 5.91 Å². The number of anilines is 2. The zero-order valence-electron chi connectivity index (χ0n) is 11.9. The highest BCUT2D eigenvalue weighted by atomic mass is 16.4. The third kappa shape index (κ3) is 3.37. The zero-order chi connectivity index (χ0) is 15.3. The first-order valence-corrected chi connectivity index (χ1v) is 6.45. The molecule has 4 N–H and O–H groups in total. The fourth-order valence-corrected chi connectivity index (χ4v) is 1.85. The van der Waals surface area contributed by atoms with Crippen molar-refractivity contribution < 1.29 is 14.7 Å². The second-order valence-electron chi connectivity index (χ2n) is 4.30. The normalized spacial score (nSPS) is 11.8. The summed E-state index contributed by atoms with van der Waals surface area (Å²) in [7, 11) is 0. The number of likely N-dealkylation sites (N-methyl/N-ethyl adjacent to an activating group) is 1. The highest BCUT2D eigenvalue weighted by molar-refractivity contribution is 5.96. The van der Waals surface area contributed by atoms with E-state index in [4.69, 9.17) is 10.8 Å². The van der Waals surface area contributed by atoms with E-state index in [-0.39, 0.29) is 23.0 Å². The smallest absolute Gasteiger partial charge is 0.337 e. The summed E-state index contributed by atoms with van der Waals surface area (Å²) in [6.07, 6.45) is 1.34. The van der Waals surface area contributed by atoms with E-state index in [0.29, 0.717) is 13.1 Å². The Balaban J connectivity index is 2.91. The summed E-state index contributed by atoms with van der Waals surface area (Å²) in [6, 6.07) is 0.786. The van der Waals surface area contributed by atoms with E-state index in [1.54, 1.807) is 11.8 Å². The minimum atomic E-state index is -1.13. The van der Waals surface area contributed by atoms with Crippen molar-refractivity contribution in [2.24, 2.45) is 0 Å². The monoisotopic (exact) mass is 280 g/mol. The Hall–Kier alpha value is -2.31. The van der Waals surface area contributed by atoms with Crippen LogP contribution in [0.25, 0.3) is 0 Å². The van der Waals surface area contributed by atoms with Gasteiger partial charge in [0.05, 0.1) is 11.3 Å². The lowest BCUT2D eigenvalue weighted by Gasteiger charge is -2.24. The maximum Gasteiger partial charge on any atom is 0.337 e. The molecule has 0 radical (unpaired) electrons. The second kappa shape index (κ2) is 6.74. The number of nitrogens with one attached hydrogen (secondary N) is 1. The van der Waals surface area contributed by atoms with E-state index in [9.17, 15) is 9.59 Å². The molecule has 1 amide bonds. The summed E-state index contributed by atoms with van der Waals surface area (Å²) in [5.41, 5.74) is 5.73. The molecule has 0 fully saturated rings. The summed E-state index contributed by atoms with van der Waals surface area (Å²) in [5.74, 6) is -1.01. The molecule has 1 aromatic rings. The van der Waals surface area contributed by atoms with Crippen LogP contribution in [0, 0.1) is 0 Å². The minimum absolute atomic E-state index is 0.0270.